The van der Waals surface area contributed by atoms with Crippen LogP contribution in [0.3, 0.4) is 0 Å². The molecule has 0 aliphatic carbocycles. The smallest absolute Gasteiger partial charge is 0.308 e. The number of likely N-dealkylation sites (tertiary alicyclic amines) is 1. The summed E-state index contributed by atoms with van der Waals surface area (Å²) in [6, 6.07) is 8.09. The van der Waals surface area contributed by atoms with Crippen molar-refractivity contribution in [3.05, 3.63) is 35.4 Å². The van der Waals surface area contributed by atoms with E-state index in [2.05, 4.69) is 24.3 Å². The number of thioether (sulfide) groups is 1. The molecule has 0 spiro atoms. The van der Waals surface area contributed by atoms with E-state index >= 15 is 0 Å². The van der Waals surface area contributed by atoms with Crippen molar-refractivity contribution in [3.63, 3.8) is 0 Å². The summed E-state index contributed by atoms with van der Waals surface area (Å²) in [7, 11) is 0. The highest BCUT2D eigenvalue weighted by atomic mass is 32.2. The molecule has 2 rings (SSSR count). The van der Waals surface area contributed by atoms with Crippen molar-refractivity contribution in [2.24, 2.45) is 5.92 Å². The van der Waals surface area contributed by atoms with E-state index in [0.29, 0.717) is 18.7 Å². The van der Waals surface area contributed by atoms with Crippen LogP contribution >= 0.6 is 11.8 Å². The molecule has 2 atom stereocenters. The van der Waals surface area contributed by atoms with E-state index < -0.39 is 11.9 Å². The molecule has 1 fully saturated rings. The maximum absolute atomic E-state index is 12.2. The molecule has 1 aromatic rings. The number of carboxylic acid groups (broad SMARTS) is 1. The highest BCUT2D eigenvalue weighted by molar-refractivity contribution is 7.99. The maximum atomic E-state index is 12.2. The monoisotopic (exact) mass is 307 g/mol. The van der Waals surface area contributed by atoms with Crippen molar-refractivity contribution in [1.82, 2.24) is 4.90 Å². The Labute approximate surface area is 129 Å². The van der Waals surface area contributed by atoms with Gasteiger partial charge in [0.25, 0.3) is 0 Å². The summed E-state index contributed by atoms with van der Waals surface area (Å²) < 4.78 is 0. The second-order valence-corrected chi connectivity index (χ2v) is 6.53. The summed E-state index contributed by atoms with van der Waals surface area (Å²) in [6.07, 6.45) is 0.560. The average Bonchev–Trinajstić information content (AvgIpc) is 2.83. The highest BCUT2D eigenvalue weighted by Crippen LogP contribution is 2.25. The Balaban J connectivity index is 1.80. The fraction of sp³-hybridized carbons (Fsp3) is 0.500. The number of hydrogen-bond acceptors (Lipinski definition) is 3. The Morgan fingerprint density at radius 2 is 2.00 bits per heavy atom. The van der Waals surface area contributed by atoms with Crippen LogP contribution in [0.1, 0.15) is 24.5 Å². The van der Waals surface area contributed by atoms with Gasteiger partial charge in [-0.05, 0) is 25.8 Å². The van der Waals surface area contributed by atoms with Crippen molar-refractivity contribution in [2.45, 2.75) is 32.1 Å². The topological polar surface area (TPSA) is 57.6 Å². The lowest BCUT2D eigenvalue weighted by atomic mass is 10.0. The number of carbonyl (C=O) groups excluding carboxylic acids is 1. The number of amides is 1. The predicted molar refractivity (Wildman–Crippen MR) is 84.3 cm³/mol. The van der Waals surface area contributed by atoms with Gasteiger partial charge in [0.2, 0.25) is 5.91 Å². The fourth-order valence-corrected chi connectivity index (χ4v) is 3.52. The van der Waals surface area contributed by atoms with E-state index in [0.717, 1.165) is 5.75 Å². The first kappa shape index (κ1) is 15.9. The van der Waals surface area contributed by atoms with Gasteiger partial charge in [-0.25, -0.2) is 0 Å². The molecule has 21 heavy (non-hydrogen) atoms. The SMILES string of the molecule is Cc1ccc(CSCC(=O)N2CCC(C(=O)O)C2C)cc1. The zero-order chi connectivity index (χ0) is 15.4. The molecule has 114 valence electrons. The summed E-state index contributed by atoms with van der Waals surface area (Å²) >= 11 is 1.58. The number of nitrogens with zero attached hydrogens (tertiary/aromatic N) is 1. The van der Waals surface area contributed by atoms with E-state index in [1.807, 2.05) is 13.8 Å². The fourth-order valence-electron chi connectivity index (χ4n) is 2.65. The lowest BCUT2D eigenvalue weighted by Gasteiger charge is -2.23. The van der Waals surface area contributed by atoms with Crippen LogP contribution in [0.25, 0.3) is 0 Å². The second kappa shape index (κ2) is 6.98. The molecule has 1 aliphatic rings. The van der Waals surface area contributed by atoms with Gasteiger partial charge in [0.1, 0.15) is 0 Å². The molecular weight excluding hydrogens is 286 g/mol. The summed E-state index contributed by atoms with van der Waals surface area (Å²) in [5.41, 5.74) is 2.43. The van der Waals surface area contributed by atoms with Crippen LogP contribution in [0.5, 0.6) is 0 Å². The normalized spacial score (nSPS) is 21.5. The van der Waals surface area contributed by atoms with Crippen molar-refractivity contribution in [3.8, 4) is 0 Å². The molecule has 1 aliphatic heterocycles. The molecule has 5 heteroatoms. The van der Waals surface area contributed by atoms with Crippen LogP contribution < -0.4 is 0 Å². The molecule has 1 saturated heterocycles. The molecule has 0 radical (unpaired) electrons. The minimum absolute atomic E-state index is 0.0448. The van der Waals surface area contributed by atoms with Crippen LogP contribution in [0, 0.1) is 12.8 Å². The summed E-state index contributed by atoms with van der Waals surface area (Å²) in [5.74, 6) is 0.0331. The molecule has 1 heterocycles. The van der Waals surface area contributed by atoms with Crippen molar-refractivity contribution < 1.29 is 14.7 Å². The van der Waals surface area contributed by atoms with Gasteiger partial charge in [0.15, 0.2) is 0 Å². The third-order valence-electron chi connectivity index (χ3n) is 4.01. The number of rotatable bonds is 5. The van der Waals surface area contributed by atoms with E-state index in [1.165, 1.54) is 11.1 Å². The Bertz CT molecular complexity index is 515. The van der Waals surface area contributed by atoms with Crippen LogP contribution in [0.2, 0.25) is 0 Å². The first-order chi connectivity index (χ1) is 9.99. The molecule has 4 nitrogen and oxygen atoms in total. The number of aryl methyl sites for hydroxylation is 1. The third-order valence-corrected chi connectivity index (χ3v) is 5.00. The van der Waals surface area contributed by atoms with Gasteiger partial charge < -0.3 is 10.0 Å². The summed E-state index contributed by atoms with van der Waals surface area (Å²) in [4.78, 5) is 25.0. The van der Waals surface area contributed by atoms with Gasteiger partial charge in [-0.15, -0.1) is 11.8 Å². The van der Waals surface area contributed by atoms with E-state index in [4.69, 9.17) is 5.11 Å². The lowest BCUT2D eigenvalue weighted by Crippen LogP contribution is -2.38. The minimum Gasteiger partial charge on any atom is -0.481 e. The van der Waals surface area contributed by atoms with Gasteiger partial charge in [0, 0.05) is 18.3 Å². The molecule has 2 unspecified atom stereocenters. The van der Waals surface area contributed by atoms with E-state index in [1.54, 1.807) is 16.7 Å². The first-order valence-electron chi connectivity index (χ1n) is 7.14. The van der Waals surface area contributed by atoms with Gasteiger partial charge in [0.05, 0.1) is 11.7 Å². The summed E-state index contributed by atoms with van der Waals surface area (Å²) in [6.45, 7) is 4.43. The Morgan fingerprint density at radius 1 is 1.33 bits per heavy atom. The Hall–Kier alpha value is -1.49. The van der Waals surface area contributed by atoms with Crippen LogP contribution in [0.15, 0.2) is 24.3 Å². The van der Waals surface area contributed by atoms with Crippen molar-refractivity contribution in [2.75, 3.05) is 12.3 Å². The van der Waals surface area contributed by atoms with Crippen molar-refractivity contribution in [1.29, 1.82) is 0 Å². The Morgan fingerprint density at radius 3 is 2.57 bits per heavy atom. The van der Waals surface area contributed by atoms with Gasteiger partial charge in [-0.2, -0.15) is 0 Å². The Kier molecular flexibility index (Phi) is 5.28. The average molecular weight is 307 g/mol. The van der Waals surface area contributed by atoms with Crippen LogP contribution in [-0.2, 0) is 15.3 Å². The number of benzene rings is 1. The second-order valence-electron chi connectivity index (χ2n) is 5.54. The van der Waals surface area contributed by atoms with Gasteiger partial charge >= 0.3 is 5.97 Å². The number of carboxylic acids is 1. The largest absolute Gasteiger partial charge is 0.481 e. The standard InChI is InChI=1S/C16H21NO3S/c1-11-3-5-13(6-4-11)9-21-10-15(18)17-8-7-14(12(17)2)16(19)20/h3-6,12,14H,7-10H2,1-2H3,(H,19,20). The number of carbonyl (C=O) groups is 2. The molecule has 0 saturated carbocycles. The zero-order valence-corrected chi connectivity index (χ0v) is 13.2. The van der Waals surface area contributed by atoms with E-state index in [9.17, 15) is 9.59 Å². The molecular formula is C16H21NO3S. The molecule has 1 N–H and O–H groups in total. The number of hydrogen-bond donors (Lipinski definition) is 1. The van der Waals surface area contributed by atoms with Crippen LogP contribution in [-0.4, -0.2) is 40.2 Å². The van der Waals surface area contributed by atoms with Crippen molar-refractivity contribution >= 4 is 23.6 Å². The molecule has 1 aromatic carbocycles. The van der Waals surface area contributed by atoms with Crippen LogP contribution in [0.4, 0.5) is 0 Å². The maximum Gasteiger partial charge on any atom is 0.308 e. The molecule has 0 bridgehead atoms. The van der Waals surface area contributed by atoms with E-state index in [-0.39, 0.29) is 11.9 Å². The third kappa shape index (κ3) is 4.00. The first-order valence-corrected chi connectivity index (χ1v) is 8.30. The summed E-state index contributed by atoms with van der Waals surface area (Å²) in [5, 5.41) is 9.09. The van der Waals surface area contributed by atoms with Gasteiger partial charge in [-0.1, -0.05) is 29.8 Å². The number of aliphatic carboxylic acids is 1. The molecule has 0 aromatic heterocycles. The predicted octanol–water partition coefficient (Wildman–Crippen LogP) is 2.55. The minimum atomic E-state index is -0.801. The quantitative estimate of drug-likeness (QED) is 0.908. The highest BCUT2D eigenvalue weighted by Gasteiger charge is 2.37. The zero-order valence-electron chi connectivity index (χ0n) is 12.4. The molecule has 1 amide bonds. The lowest BCUT2D eigenvalue weighted by molar-refractivity contribution is -0.142. The van der Waals surface area contributed by atoms with Gasteiger partial charge in [-0.3, -0.25) is 9.59 Å².